The molecule has 1 aliphatic rings. The van der Waals surface area contributed by atoms with E-state index in [1.165, 1.54) is 0 Å². The fraction of sp³-hybridized carbons (Fsp3) is 0.533. The van der Waals surface area contributed by atoms with E-state index in [1.54, 1.807) is 0 Å². The van der Waals surface area contributed by atoms with Crippen molar-refractivity contribution in [1.82, 2.24) is 4.90 Å². The summed E-state index contributed by atoms with van der Waals surface area (Å²) in [6.45, 7) is 4.12. The van der Waals surface area contributed by atoms with Crippen LogP contribution in [0.5, 0.6) is 5.75 Å². The third kappa shape index (κ3) is 3.41. The maximum absolute atomic E-state index is 12.5. The average Bonchev–Trinajstić information content (AvgIpc) is 2.88. The minimum Gasteiger partial charge on any atom is -0.493 e. The lowest BCUT2D eigenvalue weighted by Crippen LogP contribution is -2.29. The predicted octanol–water partition coefficient (Wildman–Crippen LogP) is 3.18. The second kappa shape index (κ2) is 6.80. The third-order valence-electron chi connectivity index (χ3n) is 3.51. The molecular formula is C15H20ClNO2. The summed E-state index contributed by atoms with van der Waals surface area (Å²) < 4.78 is 5.52. The number of carbonyl (C=O) groups is 1. The van der Waals surface area contributed by atoms with E-state index in [9.17, 15) is 4.79 Å². The maximum atomic E-state index is 12.5. The Morgan fingerprint density at radius 2 is 2.26 bits per heavy atom. The van der Waals surface area contributed by atoms with Crippen molar-refractivity contribution >= 4 is 17.5 Å². The van der Waals surface area contributed by atoms with Gasteiger partial charge in [-0.15, -0.1) is 11.6 Å². The summed E-state index contributed by atoms with van der Waals surface area (Å²) in [5.41, 5.74) is 0.663. The van der Waals surface area contributed by atoms with Gasteiger partial charge in [0.15, 0.2) is 0 Å². The molecule has 0 saturated carbocycles. The monoisotopic (exact) mass is 281 g/mol. The molecule has 104 valence electrons. The Kier molecular flexibility index (Phi) is 5.08. The highest BCUT2D eigenvalue weighted by atomic mass is 35.5. The molecule has 1 aromatic rings. The van der Waals surface area contributed by atoms with E-state index in [-0.39, 0.29) is 5.91 Å². The number of para-hydroxylation sites is 1. The number of likely N-dealkylation sites (tertiary alicyclic amines) is 1. The highest BCUT2D eigenvalue weighted by Gasteiger charge is 2.27. The summed E-state index contributed by atoms with van der Waals surface area (Å²) in [7, 11) is 0. The molecule has 1 aromatic carbocycles. The topological polar surface area (TPSA) is 29.5 Å². The second-order valence-corrected chi connectivity index (χ2v) is 5.19. The van der Waals surface area contributed by atoms with E-state index in [0.717, 1.165) is 25.9 Å². The first-order chi connectivity index (χ1) is 9.26. The quantitative estimate of drug-likeness (QED) is 0.776. The first-order valence-electron chi connectivity index (χ1n) is 6.83. The number of ether oxygens (including phenoxy) is 1. The summed E-state index contributed by atoms with van der Waals surface area (Å²) >= 11 is 5.77. The summed E-state index contributed by atoms with van der Waals surface area (Å²) in [6, 6.07) is 7.45. The lowest BCUT2D eigenvalue weighted by Gasteiger charge is -2.18. The molecule has 0 aromatic heterocycles. The van der Waals surface area contributed by atoms with Gasteiger partial charge in [0.25, 0.3) is 5.91 Å². The molecule has 0 radical (unpaired) electrons. The van der Waals surface area contributed by atoms with Crippen molar-refractivity contribution in [3.8, 4) is 5.75 Å². The van der Waals surface area contributed by atoms with Gasteiger partial charge in [0.2, 0.25) is 0 Å². The molecule has 1 atom stereocenters. The second-order valence-electron chi connectivity index (χ2n) is 4.81. The largest absolute Gasteiger partial charge is 0.493 e. The zero-order chi connectivity index (χ0) is 13.7. The third-order valence-corrected chi connectivity index (χ3v) is 3.73. The molecule has 1 fully saturated rings. The molecule has 0 spiro atoms. The van der Waals surface area contributed by atoms with Crippen LogP contribution in [0.4, 0.5) is 0 Å². The van der Waals surface area contributed by atoms with Gasteiger partial charge < -0.3 is 9.64 Å². The molecule has 1 unspecified atom stereocenters. The number of rotatable bonds is 5. The molecule has 1 heterocycles. The fourth-order valence-electron chi connectivity index (χ4n) is 2.50. The Labute approximate surface area is 119 Å². The van der Waals surface area contributed by atoms with Crippen molar-refractivity contribution in [2.45, 2.75) is 19.8 Å². The molecule has 0 bridgehead atoms. The number of nitrogens with zero attached hydrogens (tertiary/aromatic N) is 1. The predicted molar refractivity (Wildman–Crippen MR) is 77.0 cm³/mol. The highest BCUT2D eigenvalue weighted by molar-refractivity contribution is 6.17. The van der Waals surface area contributed by atoms with Crippen LogP contribution in [-0.2, 0) is 0 Å². The van der Waals surface area contributed by atoms with Gasteiger partial charge in [-0.3, -0.25) is 4.79 Å². The summed E-state index contributed by atoms with van der Waals surface area (Å²) in [5, 5.41) is 0. The maximum Gasteiger partial charge on any atom is 0.257 e. The smallest absolute Gasteiger partial charge is 0.257 e. The van der Waals surface area contributed by atoms with Gasteiger partial charge in [-0.25, -0.2) is 0 Å². The molecule has 0 N–H and O–H groups in total. The van der Waals surface area contributed by atoms with Crippen LogP contribution in [0.1, 0.15) is 30.1 Å². The Bertz CT molecular complexity index is 436. The molecule has 2 rings (SSSR count). The van der Waals surface area contributed by atoms with E-state index in [4.69, 9.17) is 16.3 Å². The standard InChI is InChI=1S/C15H20ClNO2/c1-2-19-14-6-4-3-5-13(14)15(18)17-10-8-12(11-17)7-9-16/h3-6,12H,2,7-11H2,1H3. The van der Waals surface area contributed by atoms with Crippen molar-refractivity contribution in [1.29, 1.82) is 0 Å². The van der Waals surface area contributed by atoms with Crippen LogP contribution in [-0.4, -0.2) is 36.4 Å². The lowest BCUT2D eigenvalue weighted by molar-refractivity contribution is 0.0783. The summed E-state index contributed by atoms with van der Waals surface area (Å²) in [5.74, 6) is 1.96. The molecular weight excluding hydrogens is 262 g/mol. The van der Waals surface area contributed by atoms with Crippen LogP contribution in [0, 0.1) is 5.92 Å². The van der Waals surface area contributed by atoms with Gasteiger partial charge in [0.1, 0.15) is 5.75 Å². The van der Waals surface area contributed by atoms with Gasteiger partial charge >= 0.3 is 0 Å². The number of benzene rings is 1. The van der Waals surface area contributed by atoms with Gasteiger partial charge in [0, 0.05) is 19.0 Å². The fourth-order valence-corrected chi connectivity index (χ4v) is 2.81. The minimum absolute atomic E-state index is 0.0705. The van der Waals surface area contributed by atoms with Crippen molar-refractivity contribution in [2.75, 3.05) is 25.6 Å². The number of amides is 1. The van der Waals surface area contributed by atoms with E-state index in [0.29, 0.717) is 29.7 Å². The lowest BCUT2D eigenvalue weighted by atomic mass is 10.1. The number of halogens is 1. The van der Waals surface area contributed by atoms with E-state index < -0.39 is 0 Å². The SMILES string of the molecule is CCOc1ccccc1C(=O)N1CCC(CCCl)C1. The average molecular weight is 282 g/mol. The Balaban J connectivity index is 2.08. The van der Waals surface area contributed by atoms with Crippen LogP contribution in [0.2, 0.25) is 0 Å². The highest BCUT2D eigenvalue weighted by Crippen LogP contribution is 2.25. The van der Waals surface area contributed by atoms with Crippen LogP contribution in [0.3, 0.4) is 0 Å². The van der Waals surface area contributed by atoms with E-state index in [2.05, 4.69) is 0 Å². The van der Waals surface area contributed by atoms with Gasteiger partial charge in [0.05, 0.1) is 12.2 Å². The normalized spacial score (nSPS) is 18.6. The van der Waals surface area contributed by atoms with Crippen LogP contribution in [0.25, 0.3) is 0 Å². The number of hydrogen-bond donors (Lipinski definition) is 0. The molecule has 3 nitrogen and oxygen atoms in total. The first-order valence-corrected chi connectivity index (χ1v) is 7.36. The first kappa shape index (κ1) is 14.2. The Hall–Kier alpha value is -1.22. The molecule has 19 heavy (non-hydrogen) atoms. The number of alkyl halides is 1. The Morgan fingerprint density at radius 3 is 3.00 bits per heavy atom. The van der Waals surface area contributed by atoms with Crippen LogP contribution >= 0.6 is 11.6 Å². The molecule has 1 amide bonds. The number of carbonyl (C=O) groups excluding carboxylic acids is 1. The zero-order valence-electron chi connectivity index (χ0n) is 11.3. The van der Waals surface area contributed by atoms with E-state index in [1.807, 2.05) is 36.1 Å². The van der Waals surface area contributed by atoms with Crippen LogP contribution in [0.15, 0.2) is 24.3 Å². The summed E-state index contributed by atoms with van der Waals surface area (Å²) in [4.78, 5) is 14.4. The van der Waals surface area contributed by atoms with Crippen molar-refractivity contribution in [3.05, 3.63) is 29.8 Å². The van der Waals surface area contributed by atoms with E-state index >= 15 is 0 Å². The molecule has 4 heteroatoms. The van der Waals surface area contributed by atoms with Crippen molar-refractivity contribution < 1.29 is 9.53 Å². The van der Waals surface area contributed by atoms with Crippen LogP contribution < -0.4 is 4.74 Å². The van der Waals surface area contributed by atoms with Gasteiger partial charge in [-0.1, -0.05) is 12.1 Å². The molecule has 1 aliphatic heterocycles. The summed E-state index contributed by atoms with van der Waals surface area (Å²) in [6.07, 6.45) is 2.04. The van der Waals surface area contributed by atoms with Crippen molar-refractivity contribution in [3.63, 3.8) is 0 Å². The molecule has 0 aliphatic carbocycles. The zero-order valence-corrected chi connectivity index (χ0v) is 12.0. The Morgan fingerprint density at radius 1 is 1.47 bits per heavy atom. The van der Waals surface area contributed by atoms with Gasteiger partial charge in [-0.05, 0) is 37.8 Å². The molecule has 1 saturated heterocycles. The van der Waals surface area contributed by atoms with Gasteiger partial charge in [-0.2, -0.15) is 0 Å². The minimum atomic E-state index is 0.0705. The number of hydrogen-bond acceptors (Lipinski definition) is 2. The van der Waals surface area contributed by atoms with Crippen molar-refractivity contribution in [2.24, 2.45) is 5.92 Å².